The lowest BCUT2D eigenvalue weighted by atomic mass is 9.80. The molecule has 0 aliphatic rings. The quantitative estimate of drug-likeness (QED) is 0.456. The molecule has 0 saturated carbocycles. The molecule has 2 heterocycles. The Morgan fingerprint density at radius 1 is 0.633 bits per heavy atom. The number of hydrogen-bond acceptors (Lipinski definition) is 3. The maximum absolute atomic E-state index is 9.32. The Labute approximate surface area is 174 Å². The van der Waals surface area contributed by atoms with Gasteiger partial charge in [0.15, 0.2) is 0 Å². The topological polar surface area (TPSA) is 57.8 Å². The molecule has 0 bridgehead atoms. The largest absolute Gasteiger partial charge is 0.488 e. The Bertz CT molecular complexity index is 1300. The maximum atomic E-state index is 9.32. The molecule has 2 N–H and O–H groups in total. The molecule has 0 radical (unpaired) electrons. The van der Waals surface area contributed by atoms with Crippen molar-refractivity contribution in [3.63, 3.8) is 0 Å². The Morgan fingerprint density at radius 2 is 1.27 bits per heavy atom. The van der Waals surface area contributed by atoms with Crippen molar-refractivity contribution in [3.05, 3.63) is 103 Å². The fourth-order valence-electron chi connectivity index (χ4n) is 3.74. The van der Waals surface area contributed by atoms with E-state index in [1.165, 1.54) is 0 Å². The van der Waals surface area contributed by atoms with E-state index in [9.17, 15) is 10.0 Å². The smallest absolute Gasteiger partial charge is 0.423 e. The van der Waals surface area contributed by atoms with E-state index in [0.717, 1.165) is 39.3 Å². The maximum Gasteiger partial charge on any atom is 0.488 e. The number of fused-ring (bicyclic) bond motifs is 1. The highest BCUT2D eigenvalue weighted by molar-refractivity contribution is 6.58. The molecule has 0 saturated heterocycles. The molecule has 0 aliphatic carbocycles. The van der Waals surface area contributed by atoms with Crippen molar-refractivity contribution in [2.45, 2.75) is 0 Å². The van der Waals surface area contributed by atoms with Gasteiger partial charge < -0.3 is 10.0 Å². The Morgan fingerprint density at radius 3 is 1.90 bits per heavy atom. The second-order valence-electron chi connectivity index (χ2n) is 7.18. The van der Waals surface area contributed by atoms with Crippen LogP contribution in [-0.2, 0) is 0 Å². The summed E-state index contributed by atoms with van der Waals surface area (Å²) in [6, 6.07) is 31.8. The number of nitrogens with zero attached hydrogens (tertiary/aromatic N) is 2. The summed E-state index contributed by atoms with van der Waals surface area (Å²) in [5.41, 5.74) is 7.52. The number of aromatic nitrogens is 2. The molecule has 4 nitrogen and oxygen atoms in total. The summed E-state index contributed by atoms with van der Waals surface area (Å²) in [7, 11) is -1.46. The number of hydrogen-bond donors (Lipinski definition) is 2. The van der Waals surface area contributed by atoms with Crippen LogP contribution in [0.25, 0.3) is 39.3 Å². The van der Waals surface area contributed by atoms with E-state index in [1.807, 2.05) is 54.7 Å². The van der Waals surface area contributed by atoms with Gasteiger partial charge in [-0.2, -0.15) is 0 Å². The minimum atomic E-state index is -1.46. The van der Waals surface area contributed by atoms with Crippen molar-refractivity contribution < 1.29 is 10.0 Å². The Hall–Kier alpha value is -3.67. The number of pyridine rings is 1. The fourth-order valence-corrected chi connectivity index (χ4v) is 3.74. The summed E-state index contributed by atoms with van der Waals surface area (Å²) in [4.78, 5) is 4.97. The number of benzene rings is 3. The molecule has 3 aromatic carbocycles. The molecule has 2 aromatic heterocycles. The van der Waals surface area contributed by atoms with E-state index in [-0.39, 0.29) is 0 Å². The second kappa shape index (κ2) is 7.63. The number of rotatable bonds is 4. The predicted molar refractivity (Wildman–Crippen MR) is 121 cm³/mol. The van der Waals surface area contributed by atoms with E-state index in [2.05, 4.69) is 40.8 Å². The first-order chi connectivity index (χ1) is 14.7. The van der Waals surface area contributed by atoms with Crippen LogP contribution in [0.4, 0.5) is 0 Å². The van der Waals surface area contributed by atoms with Gasteiger partial charge in [0.25, 0.3) is 0 Å². The third kappa shape index (κ3) is 3.30. The Kier molecular flexibility index (Phi) is 4.67. The molecule has 0 fully saturated rings. The van der Waals surface area contributed by atoms with Crippen molar-refractivity contribution in [2.75, 3.05) is 0 Å². The van der Waals surface area contributed by atoms with Crippen LogP contribution in [0.5, 0.6) is 0 Å². The van der Waals surface area contributed by atoms with E-state index >= 15 is 0 Å². The third-order valence-electron chi connectivity index (χ3n) is 5.26. The van der Waals surface area contributed by atoms with Crippen LogP contribution in [0.1, 0.15) is 0 Å². The minimum absolute atomic E-state index is 0.471. The summed E-state index contributed by atoms with van der Waals surface area (Å²) in [6.07, 6.45) is 2.04. The van der Waals surface area contributed by atoms with Crippen molar-refractivity contribution in [2.24, 2.45) is 0 Å². The van der Waals surface area contributed by atoms with Crippen LogP contribution in [0.2, 0.25) is 0 Å². The summed E-state index contributed by atoms with van der Waals surface area (Å²) in [6.45, 7) is 0. The molecule has 30 heavy (non-hydrogen) atoms. The molecule has 0 amide bonds. The van der Waals surface area contributed by atoms with Crippen LogP contribution in [0, 0.1) is 0 Å². The first kappa shape index (κ1) is 18.4. The van der Waals surface area contributed by atoms with Crippen LogP contribution in [-0.4, -0.2) is 26.6 Å². The van der Waals surface area contributed by atoms with E-state index in [1.54, 1.807) is 12.1 Å². The lowest BCUT2D eigenvalue weighted by Crippen LogP contribution is -2.29. The zero-order valence-electron chi connectivity index (χ0n) is 16.2. The highest BCUT2D eigenvalue weighted by atomic mass is 16.4. The predicted octanol–water partition coefficient (Wildman–Crippen LogP) is 4.02. The van der Waals surface area contributed by atoms with Crippen LogP contribution in [0.3, 0.4) is 0 Å². The van der Waals surface area contributed by atoms with Gasteiger partial charge in [-0.3, -0.25) is 4.40 Å². The zero-order valence-corrected chi connectivity index (χ0v) is 16.2. The van der Waals surface area contributed by atoms with E-state index in [0.29, 0.717) is 5.46 Å². The van der Waals surface area contributed by atoms with Crippen LogP contribution in [0.15, 0.2) is 103 Å². The average molecular weight is 390 g/mol. The molecule has 5 heteroatoms. The molecule has 5 rings (SSSR count). The van der Waals surface area contributed by atoms with Gasteiger partial charge in [-0.25, -0.2) is 4.98 Å². The molecule has 0 unspecified atom stereocenters. The first-order valence-corrected chi connectivity index (χ1v) is 9.80. The highest BCUT2D eigenvalue weighted by Gasteiger charge is 2.16. The van der Waals surface area contributed by atoms with Crippen molar-refractivity contribution in [1.29, 1.82) is 0 Å². The first-order valence-electron chi connectivity index (χ1n) is 9.80. The van der Waals surface area contributed by atoms with Gasteiger partial charge in [-0.15, -0.1) is 0 Å². The van der Waals surface area contributed by atoms with Gasteiger partial charge in [0.05, 0.1) is 11.4 Å². The average Bonchev–Trinajstić information content (AvgIpc) is 3.19. The van der Waals surface area contributed by atoms with Crippen LogP contribution >= 0.6 is 0 Å². The monoisotopic (exact) mass is 390 g/mol. The summed E-state index contributed by atoms with van der Waals surface area (Å²) >= 11 is 0. The lowest BCUT2D eigenvalue weighted by molar-refractivity contribution is 0.426. The summed E-state index contributed by atoms with van der Waals surface area (Å²) < 4.78 is 2.12. The minimum Gasteiger partial charge on any atom is -0.423 e. The highest BCUT2D eigenvalue weighted by Crippen LogP contribution is 2.33. The van der Waals surface area contributed by atoms with Gasteiger partial charge in [0, 0.05) is 17.3 Å². The second-order valence-corrected chi connectivity index (χ2v) is 7.18. The van der Waals surface area contributed by atoms with Gasteiger partial charge in [0.1, 0.15) is 5.65 Å². The molecular formula is C25H19BN2O2. The molecule has 144 valence electrons. The molecular weight excluding hydrogens is 371 g/mol. The third-order valence-corrected chi connectivity index (χ3v) is 5.26. The van der Waals surface area contributed by atoms with Crippen molar-refractivity contribution in [1.82, 2.24) is 9.38 Å². The van der Waals surface area contributed by atoms with Gasteiger partial charge in [-0.05, 0) is 28.7 Å². The molecule has 0 atom stereocenters. The standard InChI is InChI=1S/C25H19BN2O2/c29-26(30)22-13-11-18(12-14-22)21-15-16-28-23(17-21)27-24(19-7-3-1-4-8-19)25(28)20-9-5-2-6-10-20/h1-17,29-30H. The summed E-state index contributed by atoms with van der Waals surface area (Å²) in [5.74, 6) is 0. The SMILES string of the molecule is OB(O)c1ccc(-c2ccn3c(-c4ccccc4)c(-c4ccccc4)nc3c2)cc1. The van der Waals surface area contributed by atoms with Crippen LogP contribution < -0.4 is 5.46 Å². The lowest BCUT2D eigenvalue weighted by Gasteiger charge is -2.07. The van der Waals surface area contributed by atoms with Gasteiger partial charge >= 0.3 is 7.12 Å². The number of imidazole rings is 1. The fraction of sp³-hybridized carbons (Fsp3) is 0. The summed E-state index contributed by atoms with van der Waals surface area (Å²) in [5, 5.41) is 18.6. The zero-order chi connectivity index (χ0) is 20.5. The van der Waals surface area contributed by atoms with Crippen molar-refractivity contribution in [3.8, 4) is 33.6 Å². The molecule has 0 spiro atoms. The molecule has 0 aliphatic heterocycles. The van der Waals surface area contributed by atoms with E-state index in [4.69, 9.17) is 4.98 Å². The normalized spacial score (nSPS) is 11.0. The van der Waals surface area contributed by atoms with Crippen molar-refractivity contribution >= 4 is 18.2 Å². The van der Waals surface area contributed by atoms with Gasteiger partial charge in [0.2, 0.25) is 0 Å². The van der Waals surface area contributed by atoms with E-state index < -0.39 is 7.12 Å². The van der Waals surface area contributed by atoms with Gasteiger partial charge in [-0.1, -0.05) is 84.9 Å². The Balaban J connectivity index is 1.68. The molecule has 5 aromatic rings.